The Labute approximate surface area is 134 Å². The summed E-state index contributed by atoms with van der Waals surface area (Å²) in [6.45, 7) is 0.549. The summed E-state index contributed by atoms with van der Waals surface area (Å²) < 4.78 is 1.78. The zero-order valence-corrected chi connectivity index (χ0v) is 12.5. The Morgan fingerprint density at radius 3 is 2.17 bits per heavy atom. The Balaban J connectivity index is 1.75. The third-order valence-corrected chi connectivity index (χ3v) is 3.50. The molecule has 4 nitrogen and oxygen atoms in total. The number of Topliss-reactive ketones (excluding diaryl/α,β-unsaturated/α-hetero) is 1. The summed E-state index contributed by atoms with van der Waals surface area (Å²) in [7, 11) is 0. The molecule has 0 saturated heterocycles. The van der Waals surface area contributed by atoms with Gasteiger partial charge in [-0.25, -0.2) is 0 Å². The summed E-state index contributed by atoms with van der Waals surface area (Å²) in [6, 6.07) is 22.2. The van der Waals surface area contributed by atoms with Crippen LogP contribution in [0.2, 0.25) is 0 Å². The Morgan fingerprint density at radius 1 is 0.826 bits per heavy atom. The van der Waals surface area contributed by atoms with Crippen molar-refractivity contribution in [1.29, 1.82) is 0 Å². The van der Waals surface area contributed by atoms with Crippen LogP contribution in [-0.4, -0.2) is 16.3 Å². The van der Waals surface area contributed by atoms with Crippen molar-refractivity contribution in [3.05, 3.63) is 90.3 Å². The van der Waals surface area contributed by atoms with Gasteiger partial charge in [-0.15, -0.1) is 0 Å². The number of nitrogens with one attached hydrogen (secondary N) is 1. The smallest absolute Gasteiger partial charge is 0.298 e. The van der Waals surface area contributed by atoms with Gasteiger partial charge < -0.3 is 9.88 Å². The predicted octanol–water partition coefficient (Wildman–Crippen LogP) is 3.36. The van der Waals surface area contributed by atoms with Crippen molar-refractivity contribution in [3.8, 4) is 0 Å². The molecule has 0 radical (unpaired) electrons. The summed E-state index contributed by atoms with van der Waals surface area (Å²) in [5.74, 6) is -1.18. The largest absolute Gasteiger partial charge is 0.340 e. The number of ketones is 1. The van der Waals surface area contributed by atoms with E-state index < -0.39 is 11.7 Å². The Bertz CT molecular complexity index is 808. The van der Waals surface area contributed by atoms with Crippen LogP contribution in [0.1, 0.15) is 16.1 Å². The molecule has 0 aliphatic carbocycles. The van der Waals surface area contributed by atoms with Crippen molar-refractivity contribution >= 4 is 17.4 Å². The zero-order valence-electron chi connectivity index (χ0n) is 12.5. The average Bonchev–Trinajstić information content (AvgIpc) is 3.04. The van der Waals surface area contributed by atoms with E-state index in [1.54, 1.807) is 47.2 Å². The molecule has 0 aliphatic heterocycles. The lowest BCUT2D eigenvalue weighted by Gasteiger charge is -2.09. The summed E-state index contributed by atoms with van der Waals surface area (Å²) in [5.41, 5.74) is 2.05. The molecule has 0 fully saturated rings. The molecule has 0 aliphatic rings. The molecule has 3 rings (SSSR count). The van der Waals surface area contributed by atoms with Crippen molar-refractivity contribution in [2.45, 2.75) is 6.54 Å². The average molecular weight is 304 g/mol. The van der Waals surface area contributed by atoms with Crippen LogP contribution in [0.15, 0.2) is 79.0 Å². The fraction of sp³-hybridized carbons (Fsp3) is 0.0526. The first-order chi connectivity index (χ1) is 11.2. The third-order valence-electron chi connectivity index (χ3n) is 3.50. The van der Waals surface area contributed by atoms with Gasteiger partial charge in [-0.1, -0.05) is 48.5 Å². The first-order valence-electron chi connectivity index (χ1n) is 7.34. The van der Waals surface area contributed by atoms with E-state index in [9.17, 15) is 9.59 Å². The number of anilines is 1. The fourth-order valence-corrected chi connectivity index (χ4v) is 2.36. The minimum absolute atomic E-state index is 0.377. The maximum absolute atomic E-state index is 12.4. The second kappa shape index (κ2) is 6.75. The summed E-state index contributed by atoms with van der Waals surface area (Å²) in [5, 5.41) is 2.62. The van der Waals surface area contributed by atoms with E-state index in [1.165, 1.54) is 0 Å². The number of carbonyl (C=O) groups excluding carboxylic acids is 2. The molecule has 1 amide bonds. The molecule has 0 saturated carbocycles. The minimum Gasteiger partial charge on any atom is -0.340 e. The van der Waals surface area contributed by atoms with Gasteiger partial charge >= 0.3 is 0 Å². The quantitative estimate of drug-likeness (QED) is 0.580. The van der Waals surface area contributed by atoms with Crippen LogP contribution in [0.3, 0.4) is 0 Å². The monoisotopic (exact) mass is 304 g/mol. The van der Waals surface area contributed by atoms with Crippen molar-refractivity contribution < 1.29 is 9.59 Å². The van der Waals surface area contributed by atoms with E-state index in [0.29, 0.717) is 17.9 Å². The van der Waals surface area contributed by atoms with Crippen molar-refractivity contribution in [3.63, 3.8) is 0 Å². The maximum atomic E-state index is 12.4. The molecule has 3 aromatic rings. The lowest BCUT2D eigenvalue weighted by atomic mass is 10.2. The number of amides is 1. The highest BCUT2D eigenvalue weighted by atomic mass is 16.2. The number of para-hydroxylation sites is 1. The lowest BCUT2D eigenvalue weighted by molar-refractivity contribution is -0.112. The van der Waals surface area contributed by atoms with Gasteiger partial charge in [0.1, 0.15) is 0 Å². The number of nitrogens with zero attached hydrogens (tertiary/aromatic N) is 1. The number of hydrogen-bond donors (Lipinski definition) is 1. The summed E-state index contributed by atoms with van der Waals surface area (Å²) in [6.07, 6.45) is 1.80. The number of carbonyl (C=O) groups is 2. The molecule has 1 N–H and O–H groups in total. The zero-order chi connectivity index (χ0) is 16.1. The summed E-state index contributed by atoms with van der Waals surface area (Å²) >= 11 is 0. The topological polar surface area (TPSA) is 51.1 Å². The molecular weight excluding hydrogens is 288 g/mol. The van der Waals surface area contributed by atoms with E-state index in [4.69, 9.17) is 0 Å². The molecule has 1 aromatic heterocycles. The molecule has 0 bridgehead atoms. The SMILES string of the molecule is O=C(Nc1ccccc1)C(=O)c1cccn1Cc1ccccc1. The van der Waals surface area contributed by atoms with Crippen LogP contribution in [0, 0.1) is 0 Å². The van der Waals surface area contributed by atoms with Gasteiger partial charge in [0.25, 0.3) is 11.7 Å². The van der Waals surface area contributed by atoms with E-state index in [-0.39, 0.29) is 0 Å². The van der Waals surface area contributed by atoms with Crippen molar-refractivity contribution in [2.24, 2.45) is 0 Å². The van der Waals surface area contributed by atoms with E-state index in [2.05, 4.69) is 5.32 Å². The van der Waals surface area contributed by atoms with Crippen LogP contribution < -0.4 is 5.32 Å². The van der Waals surface area contributed by atoms with Gasteiger partial charge in [0.05, 0.1) is 5.69 Å². The number of rotatable bonds is 5. The molecule has 23 heavy (non-hydrogen) atoms. The summed E-state index contributed by atoms with van der Waals surface area (Å²) in [4.78, 5) is 24.5. The van der Waals surface area contributed by atoms with Gasteiger partial charge in [0.2, 0.25) is 0 Å². The van der Waals surface area contributed by atoms with Crippen molar-refractivity contribution in [2.75, 3.05) is 5.32 Å². The standard InChI is InChI=1S/C19H16N2O2/c22-18(19(23)20-16-10-5-2-6-11-16)17-12-7-13-21(17)14-15-8-3-1-4-9-15/h1-13H,14H2,(H,20,23). The van der Waals surface area contributed by atoms with Gasteiger partial charge in [0.15, 0.2) is 0 Å². The lowest BCUT2D eigenvalue weighted by Crippen LogP contribution is -2.25. The van der Waals surface area contributed by atoms with Gasteiger partial charge in [0, 0.05) is 18.4 Å². The Morgan fingerprint density at radius 2 is 1.48 bits per heavy atom. The highest BCUT2D eigenvalue weighted by Crippen LogP contribution is 2.11. The van der Waals surface area contributed by atoms with Gasteiger partial charge in [-0.3, -0.25) is 9.59 Å². The molecular formula is C19H16N2O2. The molecule has 4 heteroatoms. The number of benzene rings is 2. The molecule has 2 aromatic carbocycles. The third kappa shape index (κ3) is 3.55. The number of aromatic nitrogens is 1. The van der Waals surface area contributed by atoms with Crippen molar-refractivity contribution in [1.82, 2.24) is 4.57 Å². The minimum atomic E-state index is -0.635. The second-order valence-electron chi connectivity index (χ2n) is 5.16. The van der Waals surface area contributed by atoms with Crippen LogP contribution in [-0.2, 0) is 11.3 Å². The van der Waals surface area contributed by atoms with E-state index in [1.807, 2.05) is 36.4 Å². The fourth-order valence-electron chi connectivity index (χ4n) is 2.36. The highest BCUT2D eigenvalue weighted by molar-refractivity contribution is 6.46. The molecule has 1 heterocycles. The van der Waals surface area contributed by atoms with Gasteiger partial charge in [-0.2, -0.15) is 0 Å². The normalized spacial score (nSPS) is 10.3. The molecule has 114 valence electrons. The second-order valence-corrected chi connectivity index (χ2v) is 5.16. The first kappa shape index (κ1) is 14.8. The van der Waals surface area contributed by atoms with Crippen LogP contribution in [0.25, 0.3) is 0 Å². The molecule has 0 spiro atoms. The highest BCUT2D eigenvalue weighted by Gasteiger charge is 2.19. The Kier molecular flexibility index (Phi) is 4.34. The molecule has 0 atom stereocenters. The van der Waals surface area contributed by atoms with E-state index >= 15 is 0 Å². The Hall–Kier alpha value is -3.14. The van der Waals surface area contributed by atoms with Crippen LogP contribution in [0.4, 0.5) is 5.69 Å². The van der Waals surface area contributed by atoms with Crippen LogP contribution in [0.5, 0.6) is 0 Å². The predicted molar refractivity (Wildman–Crippen MR) is 89.4 cm³/mol. The molecule has 0 unspecified atom stereocenters. The van der Waals surface area contributed by atoms with E-state index in [0.717, 1.165) is 5.56 Å². The maximum Gasteiger partial charge on any atom is 0.298 e. The number of hydrogen-bond acceptors (Lipinski definition) is 2. The van der Waals surface area contributed by atoms with Gasteiger partial charge in [-0.05, 0) is 29.8 Å². The van der Waals surface area contributed by atoms with Crippen LogP contribution >= 0.6 is 0 Å². The first-order valence-corrected chi connectivity index (χ1v) is 7.34.